The monoisotopic (exact) mass is 303 g/mol. The van der Waals surface area contributed by atoms with E-state index in [9.17, 15) is 13.2 Å². The van der Waals surface area contributed by atoms with E-state index in [0.29, 0.717) is 13.2 Å². The fourth-order valence-electron chi connectivity index (χ4n) is 2.25. The molecule has 0 amide bonds. The van der Waals surface area contributed by atoms with Gasteiger partial charge in [-0.15, -0.1) is 0 Å². The minimum absolute atomic E-state index is 0.0445. The molecule has 6 heteroatoms. The van der Waals surface area contributed by atoms with E-state index in [-0.39, 0.29) is 12.1 Å². The van der Waals surface area contributed by atoms with Crippen molar-refractivity contribution in [1.29, 1.82) is 0 Å². The summed E-state index contributed by atoms with van der Waals surface area (Å²) in [6, 6.07) is 5.14. The van der Waals surface area contributed by atoms with Crippen molar-refractivity contribution < 1.29 is 22.6 Å². The zero-order valence-electron chi connectivity index (χ0n) is 12.3. The number of rotatable bonds is 4. The van der Waals surface area contributed by atoms with Gasteiger partial charge in [-0.05, 0) is 38.5 Å². The molecule has 0 aliphatic carbocycles. The van der Waals surface area contributed by atoms with E-state index in [1.54, 1.807) is 0 Å². The van der Waals surface area contributed by atoms with Gasteiger partial charge in [0.05, 0.1) is 18.3 Å². The smallest absolute Gasteiger partial charge is 0.348 e. The summed E-state index contributed by atoms with van der Waals surface area (Å²) >= 11 is 0. The zero-order valence-corrected chi connectivity index (χ0v) is 12.3. The maximum atomic E-state index is 12.5. The Labute approximate surface area is 122 Å². The Kier molecular flexibility index (Phi) is 4.60. The Bertz CT molecular complexity index is 471. The van der Waals surface area contributed by atoms with Crippen molar-refractivity contribution in [1.82, 2.24) is 5.32 Å². The molecule has 21 heavy (non-hydrogen) atoms. The second-order valence-corrected chi connectivity index (χ2v) is 5.70. The minimum Gasteiger partial charge on any atom is -0.348 e. The second kappa shape index (κ2) is 5.94. The van der Waals surface area contributed by atoms with E-state index in [1.165, 1.54) is 12.1 Å². The molecule has 1 aliphatic rings. The molecule has 0 saturated carbocycles. The van der Waals surface area contributed by atoms with Gasteiger partial charge in [0.1, 0.15) is 0 Å². The van der Waals surface area contributed by atoms with Gasteiger partial charge in [0.2, 0.25) is 0 Å². The first-order chi connectivity index (χ1) is 9.67. The van der Waals surface area contributed by atoms with Crippen molar-refractivity contribution in [2.24, 2.45) is 0 Å². The van der Waals surface area contributed by atoms with Gasteiger partial charge < -0.3 is 14.8 Å². The highest BCUT2D eigenvalue weighted by Crippen LogP contribution is 2.30. The summed E-state index contributed by atoms with van der Waals surface area (Å²) in [6.45, 7) is 6.72. The van der Waals surface area contributed by atoms with Crippen LogP contribution in [0.3, 0.4) is 0 Å². The average Bonchev–Trinajstić information content (AvgIpc) is 2.75. The van der Waals surface area contributed by atoms with Crippen molar-refractivity contribution >= 4 is 0 Å². The van der Waals surface area contributed by atoms with Crippen LogP contribution in [0.1, 0.15) is 37.9 Å². The number of halogens is 3. The Balaban J connectivity index is 1.87. The van der Waals surface area contributed by atoms with Crippen molar-refractivity contribution in [3.05, 3.63) is 35.4 Å². The molecule has 1 aromatic rings. The van der Waals surface area contributed by atoms with E-state index in [2.05, 4.69) is 5.32 Å². The molecule has 0 aromatic heterocycles. The van der Waals surface area contributed by atoms with Crippen LogP contribution in [-0.4, -0.2) is 25.0 Å². The summed E-state index contributed by atoms with van der Waals surface area (Å²) in [6.07, 6.45) is -4.34. The van der Waals surface area contributed by atoms with Gasteiger partial charge >= 0.3 is 6.18 Å². The first-order valence-electron chi connectivity index (χ1n) is 6.90. The first-order valence-corrected chi connectivity index (χ1v) is 6.90. The van der Waals surface area contributed by atoms with E-state index >= 15 is 0 Å². The van der Waals surface area contributed by atoms with Gasteiger partial charge in [0, 0.05) is 12.6 Å². The second-order valence-electron chi connectivity index (χ2n) is 5.70. The summed E-state index contributed by atoms with van der Waals surface area (Å²) in [7, 11) is 0. The van der Waals surface area contributed by atoms with Gasteiger partial charge in [-0.2, -0.15) is 13.2 Å². The first kappa shape index (κ1) is 16.3. The zero-order chi connectivity index (χ0) is 15.7. The molecular weight excluding hydrogens is 283 g/mol. The van der Waals surface area contributed by atoms with Gasteiger partial charge in [0.15, 0.2) is 5.79 Å². The molecule has 2 unspecified atom stereocenters. The van der Waals surface area contributed by atoms with Gasteiger partial charge in [-0.3, -0.25) is 0 Å². The fraction of sp³-hybridized carbons (Fsp3) is 0.600. The summed E-state index contributed by atoms with van der Waals surface area (Å²) in [5, 5.41) is 3.25. The van der Waals surface area contributed by atoms with Gasteiger partial charge in [0.25, 0.3) is 0 Å². The Hall–Kier alpha value is -1.11. The van der Waals surface area contributed by atoms with Crippen LogP contribution in [0.2, 0.25) is 0 Å². The molecule has 1 aromatic carbocycles. The average molecular weight is 303 g/mol. The number of hydrogen-bond donors (Lipinski definition) is 1. The minimum atomic E-state index is -4.30. The van der Waals surface area contributed by atoms with Crippen LogP contribution in [0.4, 0.5) is 13.2 Å². The van der Waals surface area contributed by atoms with Crippen molar-refractivity contribution in [2.75, 3.05) is 13.2 Å². The van der Waals surface area contributed by atoms with Crippen LogP contribution < -0.4 is 5.32 Å². The lowest BCUT2D eigenvalue weighted by molar-refractivity contribution is -0.138. The summed E-state index contributed by atoms with van der Waals surface area (Å²) in [5.41, 5.74) is 0.175. The predicted octanol–water partition coefficient (Wildman–Crippen LogP) is 3.51. The van der Waals surface area contributed by atoms with Crippen molar-refractivity contribution in [3.8, 4) is 0 Å². The molecule has 1 aliphatic heterocycles. The number of alkyl halides is 3. The quantitative estimate of drug-likeness (QED) is 0.923. The normalized spacial score (nSPS) is 23.2. The highest BCUT2D eigenvalue weighted by Gasteiger charge is 2.33. The Morgan fingerprint density at radius 2 is 1.90 bits per heavy atom. The van der Waals surface area contributed by atoms with Crippen molar-refractivity contribution in [2.45, 2.75) is 44.9 Å². The molecule has 1 fully saturated rings. The lowest BCUT2D eigenvalue weighted by Crippen LogP contribution is -2.32. The molecule has 2 rings (SSSR count). The summed E-state index contributed by atoms with van der Waals surface area (Å²) in [4.78, 5) is 0. The maximum Gasteiger partial charge on any atom is 0.416 e. The van der Waals surface area contributed by atoms with E-state index in [4.69, 9.17) is 9.47 Å². The molecule has 0 radical (unpaired) electrons. The van der Waals surface area contributed by atoms with Gasteiger partial charge in [-0.25, -0.2) is 0 Å². The fourth-order valence-corrected chi connectivity index (χ4v) is 2.25. The molecule has 3 nitrogen and oxygen atoms in total. The Morgan fingerprint density at radius 1 is 1.29 bits per heavy atom. The topological polar surface area (TPSA) is 30.5 Å². The molecular formula is C15H20F3NO2. The largest absolute Gasteiger partial charge is 0.416 e. The molecule has 1 N–H and O–H groups in total. The summed E-state index contributed by atoms with van der Waals surface area (Å²) < 4.78 is 48.6. The third kappa shape index (κ3) is 4.43. The Morgan fingerprint density at radius 3 is 2.38 bits per heavy atom. The molecule has 0 bridgehead atoms. The number of ether oxygens (including phenoxy) is 2. The number of benzene rings is 1. The predicted molar refractivity (Wildman–Crippen MR) is 72.8 cm³/mol. The van der Waals surface area contributed by atoms with Crippen LogP contribution in [0, 0.1) is 0 Å². The number of hydrogen-bond acceptors (Lipinski definition) is 3. The summed E-state index contributed by atoms with van der Waals surface area (Å²) in [5.74, 6) is -0.566. The third-order valence-corrected chi connectivity index (χ3v) is 3.46. The highest BCUT2D eigenvalue weighted by atomic mass is 19.4. The van der Waals surface area contributed by atoms with Crippen LogP contribution in [0.15, 0.2) is 24.3 Å². The van der Waals surface area contributed by atoms with Gasteiger partial charge in [-0.1, -0.05) is 12.1 Å². The molecule has 2 atom stereocenters. The highest BCUT2D eigenvalue weighted by molar-refractivity contribution is 5.26. The lowest BCUT2D eigenvalue weighted by Gasteiger charge is -2.20. The lowest BCUT2D eigenvalue weighted by atomic mass is 10.1. The van der Waals surface area contributed by atoms with E-state index in [0.717, 1.165) is 17.7 Å². The molecule has 0 spiro atoms. The van der Waals surface area contributed by atoms with Crippen LogP contribution in [-0.2, 0) is 15.7 Å². The van der Waals surface area contributed by atoms with E-state index < -0.39 is 17.5 Å². The third-order valence-electron chi connectivity index (χ3n) is 3.46. The SMILES string of the molecule is CC(NCC1COC(C)(C)O1)c1ccc(C(F)(F)F)cc1. The van der Waals surface area contributed by atoms with E-state index in [1.807, 2.05) is 20.8 Å². The standard InChI is InChI=1S/C15H20F3NO2/c1-10(19-8-13-9-20-14(2,3)21-13)11-4-6-12(7-5-11)15(16,17)18/h4-7,10,13,19H,8-9H2,1-3H3. The van der Waals surface area contributed by atoms with Crippen LogP contribution >= 0.6 is 0 Å². The molecule has 1 saturated heterocycles. The molecule has 1 heterocycles. The van der Waals surface area contributed by atoms with Crippen LogP contribution in [0.5, 0.6) is 0 Å². The molecule has 118 valence electrons. The van der Waals surface area contributed by atoms with Crippen molar-refractivity contribution in [3.63, 3.8) is 0 Å². The number of nitrogens with one attached hydrogen (secondary N) is 1. The maximum absolute atomic E-state index is 12.5. The van der Waals surface area contributed by atoms with Crippen LogP contribution in [0.25, 0.3) is 0 Å².